The number of rotatable bonds is 11. The molecule has 61 heavy (non-hydrogen) atoms. The number of nitrogens with one attached hydrogen (secondary N) is 2. The molecule has 0 amide bonds. The molecule has 3 heterocycles. The summed E-state index contributed by atoms with van der Waals surface area (Å²) in [4.78, 5) is 26.4. The van der Waals surface area contributed by atoms with E-state index in [0.717, 1.165) is 0 Å². The summed E-state index contributed by atoms with van der Waals surface area (Å²) in [6.07, 6.45) is -20.6. The van der Waals surface area contributed by atoms with Gasteiger partial charge < -0.3 is 104 Å². The number of carbonyl (C=O) groups is 2. The van der Waals surface area contributed by atoms with E-state index in [-0.39, 0.29) is 59.4 Å². The second-order valence-corrected chi connectivity index (χ2v) is 16.3. The highest BCUT2D eigenvalue weighted by Gasteiger charge is 2.54. The fraction of sp³-hybridized carbons (Fsp3) is 0.605. The first-order valence-corrected chi connectivity index (χ1v) is 20.3. The fourth-order valence-corrected chi connectivity index (χ4v) is 8.51. The molecule has 2 aromatic rings. The predicted molar refractivity (Wildman–Crippen MR) is 215 cm³/mol. The zero-order chi connectivity index (χ0) is 44.0. The van der Waals surface area contributed by atoms with Gasteiger partial charge in [0, 0.05) is 59.7 Å². The third kappa shape index (κ3) is 8.97. The zero-order valence-electron chi connectivity index (χ0n) is 32.7. The quantitative estimate of drug-likeness (QED) is 0.0797. The fourth-order valence-electron chi connectivity index (χ4n) is 8.31. The number of aliphatic hydroxyl groups excluding tert-OH is 6. The molecule has 1 saturated carbocycles. The summed E-state index contributed by atoms with van der Waals surface area (Å²) in [6, 6.07) is 6.73. The second kappa shape index (κ2) is 18.8. The van der Waals surface area contributed by atoms with Gasteiger partial charge in [0.1, 0.15) is 67.1 Å². The molecule has 0 unspecified atom stereocenters. The molecule has 0 aromatic heterocycles. The van der Waals surface area contributed by atoms with Crippen LogP contribution in [0.5, 0.6) is 0 Å². The van der Waals surface area contributed by atoms with Crippen LogP contribution in [-0.2, 0) is 28.4 Å². The maximum absolute atomic E-state index is 13.3. The monoisotopic (exact) mass is 878 g/mol. The van der Waals surface area contributed by atoms with Gasteiger partial charge in [0.15, 0.2) is 35.5 Å². The Hall–Kier alpha value is -3.25. The molecule has 23 heteroatoms. The number of hydrogen-bond donors (Lipinski definition) is 14. The summed E-state index contributed by atoms with van der Waals surface area (Å²) in [5.74, 6) is -0.612. The summed E-state index contributed by atoms with van der Waals surface area (Å²) in [5, 5.41) is 71.2. The largest absolute Gasteiger partial charge is 0.389 e. The third-order valence-electron chi connectivity index (χ3n) is 11.8. The summed E-state index contributed by atoms with van der Waals surface area (Å²) in [5.41, 5.74) is 38.0. The Balaban J connectivity index is 1.09. The highest BCUT2D eigenvalue weighted by molar-refractivity contribution is 7.80. The van der Waals surface area contributed by atoms with Gasteiger partial charge in [-0.1, -0.05) is 24.3 Å². The minimum atomic E-state index is -1.68. The smallest absolute Gasteiger partial charge is 0.194 e. The molecule has 20 N–H and O–H groups in total. The number of hydrogen-bond acceptors (Lipinski definition) is 21. The number of fused-ring (bicyclic) bond motifs is 2. The van der Waals surface area contributed by atoms with Gasteiger partial charge in [-0.2, -0.15) is 0 Å². The standard InChI is InChI=1S/C38H54N8O14S/c39-9-19-27(50)29(52)22(43)35(55-19)58-32-18(42)8-17(41)26(49)34(32)60-37-31(54)33(59-36-23(44)30(53)28(51)20(10-40)56-36)21(57-37)11-45-38(61)46-12-5-6-15-16(7-12)25(48)14-4-2-1-3-13(14)24(15)47/h1-7,17-23,26-37,49-54H,8-11,39-44H2,(H2,45,46,61)/t17-,18+,19-,20+,21-,22-,23-,26+,27-,28-,29-,30-,31-,32-,33-,34-,35-,36-,37+/m1/s1. The van der Waals surface area contributed by atoms with E-state index in [9.17, 15) is 40.2 Å². The van der Waals surface area contributed by atoms with Crippen molar-refractivity contribution in [3.63, 3.8) is 0 Å². The van der Waals surface area contributed by atoms with Crippen molar-refractivity contribution in [1.82, 2.24) is 5.32 Å². The van der Waals surface area contributed by atoms with Crippen LogP contribution in [0.15, 0.2) is 42.5 Å². The van der Waals surface area contributed by atoms with Gasteiger partial charge in [-0.15, -0.1) is 0 Å². The average Bonchev–Trinajstić information content (AvgIpc) is 3.54. The lowest BCUT2D eigenvalue weighted by Crippen LogP contribution is -2.68. The van der Waals surface area contributed by atoms with Crippen LogP contribution in [0.4, 0.5) is 5.69 Å². The lowest BCUT2D eigenvalue weighted by Gasteiger charge is -2.47. The minimum Gasteiger partial charge on any atom is -0.389 e. The first kappa shape index (κ1) is 45.8. The first-order valence-electron chi connectivity index (χ1n) is 19.9. The lowest BCUT2D eigenvalue weighted by molar-refractivity contribution is -0.306. The molecular weight excluding hydrogens is 825 g/mol. The maximum atomic E-state index is 13.3. The summed E-state index contributed by atoms with van der Waals surface area (Å²) >= 11 is 5.56. The molecule has 336 valence electrons. The van der Waals surface area contributed by atoms with Crippen molar-refractivity contribution >= 4 is 34.6 Å². The van der Waals surface area contributed by atoms with Crippen LogP contribution < -0.4 is 45.0 Å². The molecule has 2 aromatic carbocycles. The van der Waals surface area contributed by atoms with Crippen LogP contribution in [-0.4, -0.2) is 183 Å². The average molecular weight is 879 g/mol. The van der Waals surface area contributed by atoms with Crippen molar-refractivity contribution in [3.05, 3.63) is 64.7 Å². The van der Waals surface area contributed by atoms with Crippen molar-refractivity contribution in [2.24, 2.45) is 34.4 Å². The van der Waals surface area contributed by atoms with Crippen LogP contribution in [0.3, 0.4) is 0 Å². The minimum absolute atomic E-state index is 0.0310. The molecule has 5 aliphatic rings. The highest BCUT2D eigenvalue weighted by atomic mass is 32.1. The van der Waals surface area contributed by atoms with Crippen molar-refractivity contribution in [1.29, 1.82) is 0 Å². The maximum Gasteiger partial charge on any atom is 0.194 e. The van der Waals surface area contributed by atoms with E-state index in [1.165, 1.54) is 12.1 Å². The van der Waals surface area contributed by atoms with Crippen LogP contribution in [0.25, 0.3) is 0 Å². The van der Waals surface area contributed by atoms with Gasteiger partial charge >= 0.3 is 0 Å². The lowest BCUT2D eigenvalue weighted by atomic mass is 9.84. The van der Waals surface area contributed by atoms with E-state index >= 15 is 0 Å². The molecule has 0 bridgehead atoms. The molecule has 0 radical (unpaired) electrons. The number of ether oxygens (including phenoxy) is 6. The second-order valence-electron chi connectivity index (χ2n) is 15.9. The number of benzene rings is 2. The van der Waals surface area contributed by atoms with Gasteiger partial charge in [-0.3, -0.25) is 9.59 Å². The molecule has 22 nitrogen and oxygen atoms in total. The molecule has 4 fully saturated rings. The molecule has 2 aliphatic carbocycles. The van der Waals surface area contributed by atoms with Gasteiger partial charge in [0.05, 0.1) is 18.2 Å². The molecule has 3 aliphatic heterocycles. The Morgan fingerprint density at radius 2 is 1.13 bits per heavy atom. The highest BCUT2D eigenvalue weighted by Crippen LogP contribution is 2.35. The van der Waals surface area contributed by atoms with E-state index < -0.39 is 116 Å². The van der Waals surface area contributed by atoms with Crippen molar-refractivity contribution in [3.8, 4) is 0 Å². The zero-order valence-corrected chi connectivity index (χ0v) is 33.5. The van der Waals surface area contributed by atoms with Crippen molar-refractivity contribution in [2.45, 2.75) is 123 Å². The Morgan fingerprint density at radius 1 is 0.623 bits per heavy atom. The Labute approximate surface area is 354 Å². The van der Waals surface area contributed by atoms with E-state index in [1.807, 2.05) is 0 Å². The number of nitrogens with two attached hydrogens (primary N) is 6. The molecule has 7 rings (SSSR count). The van der Waals surface area contributed by atoms with Crippen LogP contribution in [0, 0.1) is 0 Å². The summed E-state index contributed by atoms with van der Waals surface area (Å²) in [7, 11) is 0. The van der Waals surface area contributed by atoms with E-state index in [4.69, 9.17) is 75.0 Å². The molecule has 3 saturated heterocycles. The first-order chi connectivity index (χ1) is 29.0. The number of aliphatic hydroxyl groups is 6. The Morgan fingerprint density at radius 3 is 1.70 bits per heavy atom. The number of carbonyl (C=O) groups excluding carboxylic acids is 2. The molecular formula is C38H54N8O14S. The van der Waals surface area contributed by atoms with Crippen LogP contribution in [0.1, 0.15) is 38.3 Å². The molecule has 0 spiro atoms. The topological polar surface area (TPSA) is 391 Å². The summed E-state index contributed by atoms with van der Waals surface area (Å²) < 4.78 is 36.3. The third-order valence-corrected chi connectivity index (χ3v) is 12.1. The van der Waals surface area contributed by atoms with Gasteiger partial charge in [0.2, 0.25) is 0 Å². The summed E-state index contributed by atoms with van der Waals surface area (Å²) in [6.45, 7) is -0.585. The van der Waals surface area contributed by atoms with Crippen molar-refractivity contribution in [2.75, 3.05) is 25.0 Å². The van der Waals surface area contributed by atoms with Gasteiger partial charge in [-0.25, -0.2) is 0 Å². The number of thiocarbonyl (C=S) groups is 1. The SMILES string of the molecule is NC[C@@H]1O[C@H](O[C@H]2[C@@H](O)[C@H](O[C@@H]3[C@@H](O)[C@H](N)C[C@H](N)[C@H]3O[C@H]3O[C@H](CN)[C@@H](O)[C@H](O)[C@H]3N)O[C@@H]2CNC(=S)Nc2ccc3c(c2)C(=O)c2ccccc2C3=O)[C@H](N)[C@@H](O)[C@@H]1O. The Kier molecular flexibility index (Phi) is 14.1. The molecule has 19 atom stereocenters. The van der Waals surface area contributed by atoms with E-state index in [1.54, 1.807) is 30.3 Å². The van der Waals surface area contributed by atoms with Gasteiger partial charge in [0.25, 0.3) is 0 Å². The normalized spacial score (nSPS) is 41.2. The van der Waals surface area contributed by atoms with Crippen LogP contribution >= 0.6 is 12.2 Å². The van der Waals surface area contributed by atoms with Gasteiger partial charge in [-0.05, 0) is 36.8 Å². The predicted octanol–water partition coefficient (Wildman–Crippen LogP) is -6.13. The Bertz CT molecular complexity index is 1920. The van der Waals surface area contributed by atoms with Crippen LogP contribution in [0.2, 0.25) is 0 Å². The number of ketones is 2. The van der Waals surface area contributed by atoms with Crippen molar-refractivity contribution < 1.29 is 68.6 Å². The van der Waals surface area contributed by atoms with E-state index in [0.29, 0.717) is 11.3 Å². The number of anilines is 1. The van der Waals surface area contributed by atoms with E-state index in [2.05, 4.69) is 10.6 Å².